The topological polar surface area (TPSA) is 64.4 Å². The normalized spacial score (nSPS) is 15.1. The molecule has 26 heavy (non-hydrogen) atoms. The number of hydrogen-bond acceptors (Lipinski definition) is 4. The molecule has 0 atom stereocenters. The number of nitrogens with zero attached hydrogens (tertiary/aromatic N) is 3. The zero-order valence-corrected chi connectivity index (χ0v) is 14.7. The zero-order valence-electron chi connectivity index (χ0n) is 14.7. The highest BCUT2D eigenvalue weighted by Crippen LogP contribution is 2.21. The predicted octanol–water partition coefficient (Wildman–Crippen LogP) is 1.78. The number of carbonyl (C=O) groups excluding carboxylic acids is 1. The Morgan fingerprint density at radius 3 is 2.65 bits per heavy atom. The van der Waals surface area contributed by atoms with Crippen molar-refractivity contribution >= 4 is 5.91 Å². The lowest BCUT2D eigenvalue weighted by Crippen LogP contribution is -2.40. The minimum atomic E-state index is -0.357. The summed E-state index contributed by atoms with van der Waals surface area (Å²) in [5.41, 5.74) is 0.388. The molecule has 6 nitrogen and oxygen atoms in total. The minimum Gasteiger partial charge on any atom is -0.490 e. The van der Waals surface area contributed by atoms with Crippen LogP contribution >= 0.6 is 0 Å². The second kappa shape index (κ2) is 8.12. The molecule has 1 aromatic heterocycles. The quantitative estimate of drug-likeness (QED) is 0.816. The average Bonchev–Trinajstić information content (AvgIpc) is 2.64. The SMILES string of the molecule is Cn1nc(CC(=O)N2CCC(COc3ccccc3F)CC2)ccc1=O. The van der Waals surface area contributed by atoms with E-state index in [2.05, 4.69) is 5.10 Å². The third-order valence-corrected chi connectivity index (χ3v) is 4.63. The number of hydrogen-bond donors (Lipinski definition) is 0. The molecule has 0 aliphatic carbocycles. The molecule has 0 unspecified atom stereocenters. The Labute approximate surface area is 151 Å². The van der Waals surface area contributed by atoms with Gasteiger partial charge in [-0.15, -0.1) is 0 Å². The number of halogens is 1. The third-order valence-electron chi connectivity index (χ3n) is 4.63. The molecular weight excluding hydrogens is 337 g/mol. The van der Waals surface area contributed by atoms with Crippen molar-refractivity contribution in [2.45, 2.75) is 19.3 Å². The van der Waals surface area contributed by atoms with Gasteiger partial charge in [-0.2, -0.15) is 5.10 Å². The van der Waals surface area contributed by atoms with Crippen molar-refractivity contribution in [2.24, 2.45) is 13.0 Å². The molecule has 1 aliphatic rings. The summed E-state index contributed by atoms with van der Waals surface area (Å²) in [5.74, 6) is 0.218. The van der Waals surface area contributed by atoms with Gasteiger partial charge in [0.25, 0.3) is 5.56 Å². The summed E-state index contributed by atoms with van der Waals surface area (Å²) >= 11 is 0. The minimum absolute atomic E-state index is 0.00428. The zero-order chi connectivity index (χ0) is 18.5. The Hall–Kier alpha value is -2.70. The van der Waals surface area contributed by atoms with Crippen molar-refractivity contribution in [2.75, 3.05) is 19.7 Å². The lowest BCUT2D eigenvalue weighted by molar-refractivity contribution is -0.132. The van der Waals surface area contributed by atoms with Gasteiger partial charge in [0.15, 0.2) is 11.6 Å². The summed E-state index contributed by atoms with van der Waals surface area (Å²) < 4.78 is 20.4. The van der Waals surface area contributed by atoms with Gasteiger partial charge in [-0.3, -0.25) is 9.59 Å². The predicted molar refractivity (Wildman–Crippen MR) is 94.4 cm³/mol. The number of carbonyl (C=O) groups is 1. The van der Waals surface area contributed by atoms with Gasteiger partial charge in [0, 0.05) is 26.2 Å². The first kappa shape index (κ1) is 18.1. The van der Waals surface area contributed by atoms with Gasteiger partial charge in [-0.25, -0.2) is 9.07 Å². The maximum Gasteiger partial charge on any atom is 0.266 e. The molecular formula is C19H22FN3O3. The lowest BCUT2D eigenvalue weighted by atomic mass is 9.97. The Kier molecular flexibility index (Phi) is 5.65. The van der Waals surface area contributed by atoms with Gasteiger partial charge in [0.1, 0.15) is 0 Å². The number of rotatable bonds is 5. The van der Waals surface area contributed by atoms with Crippen LogP contribution in [0.3, 0.4) is 0 Å². The Morgan fingerprint density at radius 2 is 1.96 bits per heavy atom. The van der Waals surface area contributed by atoms with Crippen LogP contribution in [0.25, 0.3) is 0 Å². The van der Waals surface area contributed by atoms with Crippen LogP contribution in [0.5, 0.6) is 5.75 Å². The molecule has 0 radical (unpaired) electrons. The van der Waals surface area contributed by atoms with E-state index in [1.54, 1.807) is 31.3 Å². The van der Waals surface area contributed by atoms with E-state index in [9.17, 15) is 14.0 Å². The summed E-state index contributed by atoms with van der Waals surface area (Å²) in [4.78, 5) is 25.6. The summed E-state index contributed by atoms with van der Waals surface area (Å²) in [6, 6.07) is 9.38. The number of para-hydroxylation sites is 1. The number of benzene rings is 1. The van der Waals surface area contributed by atoms with Gasteiger partial charge in [-0.05, 0) is 37.0 Å². The van der Waals surface area contributed by atoms with E-state index >= 15 is 0 Å². The van der Waals surface area contributed by atoms with Crippen molar-refractivity contribution in [1.29, 1.82) is 0 Å². The second-order valence-corrected chi connectivity index (χ2v) is 6.53. The molecule has 7 heteroatoms. The summed E-state index contributed by atoms with van der Waals surface area (Å²) in [6.07, 6.45) is 1.83. The van der Waals surface area contributed by atoms with E-state index < -0.39 is 0 Å². The summed E-state index contributed by atoms with van der Waals surface area (Å²) in [6.45, 7) is 1.75. The fraction of sp³-hybridized carbons (Fsp3) is 0.421. The molecule has 3 rings (SSSR count). The number of amides is 1. The van der Waals surface area contributed by atoms with Crippen LogP contribution in [0, 0.1) is 11.7 Å². The molecule has 0 bridgehead atoms. The van der Waals surface area contributed by atoms with Crippen molar-refractivity contribution in [3.63, 3.8) is 0 Å². The first-order chi connectivity index (χ1) is 12.5. The third kappa shape index (κ3) is 4.47. The molecule has 2 aromatic rings. The highest BCUT2D eigenvalue weighted by atomic mass is 19.1. The van der Waals surface area contributed by atoms with E-state index in [1.807, 2.05) is 4.90 Å². The van der Waals surface area contributed by atoms with E-state index in [0.29, 0.717) is 31.3 Å². The van der Waals surface area contributed by atoms with Gasteiger partial charge in [0.2, 0.25) is 5.91 Å². The van der Waals surface area contributed by atoms with Crippen LogP contribution in [0.1, 0.15) is 18.5 Å². The van der Waals surface area contributed by atoms with E-state index in [-0.39, 0.29) is 29.5 Å². The summed E-state index contributed by atoms with van der Waals surface area (Å²) in [7, 11) is 1.57. The molecule has 1 fully saturated rings. The van der Waals surface area contributed by atoms with Crippen molar-refractivity contribution in [3.05, 3.63) is 58.3 Å². The number of piperidine rings is 1. The number of aryl methyl sites for hydroxylation is 1. The first-order valence-electron chi connectivity index (χ1n) is 8.71. The van der Waals surface area contributed by atoms with E-state index in [4.69, 9.17) is 4.74 Å². The fourth-order valence-corrected chi connectivity index (χ4v) is 3.03. The molecule has 0 saturated carbocycles. The number of ether oxygens (including phenoxy) is 1. The second-order valence-electron chi connectivity index (χ2n) is 6.53. The largest absolute Gasteiger partial charge is 0.490 e. The van der Waals surface area contributed by atoms with E-state index in [1.165, 1.54) is 16.8 Å². The van der Waals surface area contributed by atoms with Crippen molar-refractivity contribution < 1.29 is 13.9 Å². The molecule has 138 valence electrons. The van der Waals surface area contributed by atoms with Crippen LogP contribution < -0.4 is 10.3 Å². The van der Waals surface area contributed by atoms with Crippen LogP contribution in [-0.2, 0) is 18.3 Å². The molecule has 1 aromatic carbocycles. The standard InChI is InChI=1S/C19H22FN3O3/c1-22-18(24)7-6-15(21-22)12-19(25)23-10-8-14(9-11-23)13-26-17-5-3-2-4-16(17)20/h2-7,14H,8-13H2,1H3. The Balaban J connectivity index is 1.47. The van der Waals surface area contributed by atoms with Crippen LogP contribution in [0.4, 0.5) is 4.39 Å². The lowest BCUT2D eigenvalue weighted by Gasteiger charge is -2.32. The first-order valence-corrected chi connectivity index (χ1v) is 8.71. The van der Waals surface area contributed by atoms with Crippen molar-refractivity contribution in [3.8, 4) is 5.75 Å². The highest BCUT2D eigenvalue weighted by Gasteiger charge is 2.24. The molecule has 1 aliphatic heterocycles. The van der Waals surface area contributed by atoms with Gasteiger partial charge >= 0.3 is 0 Å². The van der Waals surface area contributed by atoms with Crippen molar-refractivity contribution in [1.82, 2.24) is 14.7 Å². The van der Waals surface area contributed by atoms with Crippen LogP contribution in [0.15, 0.2) is 41.2 Å². The van der Waals surface area contributed by atoms with E-state index in [0.717, 1.165) is 12.8 Å². The molecule has 0 spiro atoms. The average molecular weight is 359 g/mol. The Bertz CT molecular complexity index is 829. The van der Waals surface area contributed by atoms with Crippen LogP contribution in [0.2, 0.25) is 0 Å². The molecule has 1 saturated heterocycles. The maximum atomic E-state index is 13.6. The monoisotopic (exact) mass is 359 g/mol. The fourth-order valence-electron chi connectivity index (χ4n) is 3.03. The summed E-state index contributed by atoms with van der Waals surface area (Å²) in [5, 5.41) is 4.09. The van der Waals surface area contributed by atoms with Gasteiger partial charge in [0.05, 0.1) is 18.7 Å². The van der Waals surface area contributed by atoms with Gasteiger partial charge in [-0.1, -0.05) is 12.1 Å². The number of likely N-dealkylation sites (tertiary alicyclic amines) is 1. The molecule has 2 heterocycles. The smallest absolute Gasteiger partial charge is 0.266 e. The number of aromatic nitrogens is 2. The highest BCUT2D eigenvalue weighted by molar-refractivity contribution is 5.78. The molecule has 0 N–H and O–H groups in total. The maximum absolute atomic E-state index is 13.6. The molecule has 1 amide bonds. The van der Waals surface area contributed by atoms with Gasteiger partial charge < -0.3 is 9.64 Å². The van der Waals surface area contributed by atoms with Crippen LogP contribution in [-0.4, -0.2) is 40.3 Å². The Morgan fingerprint density at radius 1 is 1.23 bits per heavy atom.